The van der Waals surface area contributed by atoms with Crippen LogP contribution in [0.4, 0.5) is 4.39 Å². The minimum atomic E-state index is -0.366. The predicted molar refractivity (Wildman–Crippen MR) is 82.5 cm³/mol. The summed E-state index contributed by atoms with van der Waals surface area (Å²) in [6.07, 6.45) is 1.58. The van der Waals surface area contributed by atoms with E-state index in [1.54, 1.807) is 12.3 Å². The summed E-state index contributed by atoms with van der Waals surface area (Å²) in [6.45, 7) is 6.87. The normalized spacial score (nSPS) is 16.7. The summed E-state index contributed by atoms with van der Waals surface area (Å²) < 4.78 is 24.3. The highest BCUT2D eigenvalue weighted by molar-refractivity contribution is 5.23. The Morgan fingerprint density at radius 3 is 2.52 bits per heavy atom. The van der Waals surface area contributed by atoms with Crippen molar-refractivity contribution in [1.29, 1.82) is 0 Å². The average molecular weight is 320 g/mol. The molecule has 1 aliphatic rings. The van der Waals surface area contributed by atoms with Gasteiger partial charge in [0.2, 0.25) is 5.88 Å². The molecule has 0 spiro atoms. The van der Waals surface area contributed by atoms with Crippen LogP contribution < -0.4 is 4.74 Å². The molecule has 124 valence electrons. The van der Waals surface area contributed by atoms with Crippen molar-refractivity contribution >= 4 is 0 Å². The summed E-state index contributed by atoms with van der Waals surface area (Å²) in [7, 11) is 1.43. The first-order valence-corrected chi connectivity index (χ1v) is 7.70. The van der Waals surface area contributed by atoms with E-state index in [1.807, 2.05) is 13.0 Å². The number of aryl methyl sites for hydroxylation is 1. The Bertz CT molecular complexity index is 653. The molecule has 0 atom stereocenters. The molecule has 1 saturated heterocycles. The van der Waals surface area contributed by atoms with Crippen LogP contribution in [-0.4, -0.2) is 53.2 Å². The van der Waals surface area contributed by atoms with Crippen LogP contribution in [0.2, 0.25) is 0 Å². The van der Waals surface area contributed by atoms with Crippen molar-refractivity contribution in [3.63, 3.8) is 0 Å². The zero-order chi connectivity index (χ0) is 16.2. The summed E-state index contributed by atoms with van der Waals surface area (Å²) in [5.41, 5.74) is 1.52. The monoisotopic (exact) mass is 320 g/mol. The van der Waals surface area contributed by atoms with E-state index in [0.29, 0.717) is 12.1 Å². The number of nitrogens with zero attached hydrogens (tertiary/aromatic N) is 4. The van der Waals surface area contributed by atoms with Crippen LogP contribution in [0, 0.1) is 12.7 Å². The Balaban J connectivity index is 1.53. The van der Waals surface area contributed by atoms with Crippen LogP contribution in [0.25, 0.3) is 0 Å². The minimum Gasteiger partial charge on any atom is -0.479 e. The lowest BCUT2D eigenvalue weighted by molar-refractivity contribution is 0.112. The first kappa shape index (κ1) is 15.9. The van der Waals surface area contributed by atoms with Crippen molar-refractivity contribution in [1.82, 2.24) is 19.9 Å². The lowest BCUT2D eigenvalue weighted by atomic mass is 10.2. The number of rotatable bonds is 5. The van der Waals surface area contributed by atoms with Crippen molar-refractivity contribution < 1.29 is 13.7 Å². The molecular formula is C16H21FN4O2. The summed E-state index contributed by atoms with van der Waals surface area (Å²) in [6, 6.07) is 3.67. The highest BCUT2D eigenvalue weighted by Gasteiger charge is 2.20. The largest absolute Gasteiger partial charge is 0.479 e. The Hall–Kier alpha value is -1.99. The van der Waals surface area contributed by atoms with E-state index in [9.17, 15) is 4.39 Å². The highest BCUT2D eigenvalue weighted by Crippen LogP contribution is 2.19. The molecule has 2 aromatic rings. The minimum absolute atomic E-state index is 0.0572. The van der Waals surface area contributed by atoms with Gasteiger partial charge < -0.3 is 9.26 Å². The fourth-order valence-electron chi connectivity index (χ4n) is 2.78. The maximum Gasteiger partial charge on any atom is 0.250 e. The maximum absolute atomic E-state index is 14.2. The topological polar surface area (TPSA) is 54.6 Å². The molecule has 0 unspecified atom stereocenters. The molecule has 0 amide bonds. The summed E-state index contributed by atoms with van der Waals surface area (Å²) in [4.78, 5) is 8.43. The molecule has 0 aromatic carbocycles. The van der Waals surface area contributed by atoms with Gasteiger partial charge in [-0.15, -0.1) is 0 Å². The highest BCUT2D eigenvalue weighted by atomic mass is 19.1. The van der Waals surface area contributed by atoms with Crippen LogP contribution >= 0.6 is 0 Å². The van der Waals surface area contributed by atoms with Gasteiger partial charge in [0, 0.05) is 50.6 Å². The Kier molecular flexibility index (Phi) is 4.88. The quantitative estimate of drug-likeness (QED) is 0.838. The molecule has 6 nitrogen and oxygen atoms in total. The van der Waals surface area contributed by atoms with Crippen LogP contribution in [0.1, 0.15) is 17.0 Å². The van der Waals surface area contributed by atoms with Crippen molar-refractivity contribution in [2.24, 2.45) is 0 Å². The third kappa shape index (κ3) is 3.86. The second kappa shape index (κ2) is 7.06. The number of halogens is 1. The molecule has 0 N–H and O–H groups in total. The van der Waals surface area contributed by atoms with Gasteiger partial charge in [0.1, 0.15) is 0 Å². The number of pyridine rings is 1. The predicted octanol–water partition coefficient (Wildman–Crippen LogP) is 1.84. The molecule has 7 heteroatoms. The zero-order valence-corrected chi connectivity index (χ0v) is 13.5. The SMILES string of the molecule is COc1nccc(CN2CCN(Cc3cc(C)no3)CC2)c1F. The molecule has 23 heavy (non-hydrogen) atoms. The van der Waals surface area contributed by atoms with Crippen molar-refractivity contribution in [3.05, 3.63) is 41.2 Å². The van der Waals surface area contributed by atoms with Gasteiger partial charge in [0.25, 0.3) is 0 Å². The molecule has 1 fully saturated rings. The van der Waals surface area contributed by atoms with Crippen LogP contribution in [0.5, 0.6) is 5.88 Å². The Morgan fingerprint density at radius 1 is 1.22 bits per heavy atom. The molecule has 0 aliphatic carbocycles. The van der Waals surface area contributed by atoms with Gasteiger partial charge in [-0.1, -0.05) is 5.16 Å². The lowest BCUT2D eigenvalue weighted by Gasteiger charge is -2.34. The van der Waals surface area contributed by atoms with Crippen LogP contribution in [0.15, 0.2) is 22.9 Å². The standard InChI is InChI=1S/C16H21FN4O2/c1-12-9-14(23-19-12)11-21-7-5-20(6-8-21)10-13-3-4-18-16(22-2)15(13)17/h3-4,9H,5-8,10-11H2,1-2H3. The lowest BCUT2D eigenvalue weighted by Crippen LogP contribution is -2.45. The van der Waals surface area contributed by atoms with Crippen molar-refractivity contribution in [3.8, 4) is 5.88 Å². The molecule has 3 heterocycles. The van der Waals surface area contributed by atoms with Crippen LogP contribution in [0.3, 0.4) is 0 Å². The van der Waals surface area contributed by atoms with Gasteiger partial charge in [0.05, 0.1) is 19.3 Å². The van der Waals surface area contributed by atoms with Gasteiger partial charge in [-0.25, -0.2) is 9.37 Å². The zero-order valence-electron chi connectivity index (χ0n) is 13.5. The van der Waals surface area contributed by atoms with Gasteiger partial charge >= 0.3 is 0 Å². The van der Waals surface area contributed by atoms with Gasteiger partial charge in [0.15, 0.2) is 11.6 Å². The molecule has 0 bridgehead atoms. The molecule has 3 rings (SSSR count). The van der Waals surface area contributed by atoms with E-state index >= 15 is 0 Å². The van der Waals surface area contributed by atoms with E-state index in [2.05, 4.69) is 19.9 Å². The van der Waals surface area contributed by atoms with E-state index < -0.39 is 0 Å². The second-order valence-electron chi connectivity index (χ2n) is 5.78. The molecule has 0 saturated carbocycles. The Labute approximate surface area is 134 Å². The molecule has 2 aromatic heterocycles. The van der Waals surface area contributed by atoms with Gasteiger partial charge in [-0.05, 0) is 13.0 Å². The number of aromatic nitrogens is 2. The van der Waals surface area contributed by atoms with Crippen molar-refractivity contribution in [2.45, 2.75) is 20.0 Å². The first-order chi connectivity index (χ1) is 11.2. The maximum atomic E-state index is 14.2. The molecule has 1 aliphatic heterocycles. The third-order valence-corrected chi connectivity index (χ3v) is 4.05. The summed E-state index contributed by atoms with van der Waals surface area (Å²) in [5, 5.41) is 3.91. The van der Waals surface area contributed by atoms with E-state index in [1.165, 1.54) is 7.11 Å². The van der Waals surface area contributed by atoms with E-state index in [4.69, 9.17) is 9.26 Å². The smallest absolute Gasteiger partial charge is 0.250 e. The second-order valence-corrected chi connectivity index (χ2v) is 5.78. The van der Waals surface area contributed by atoms with E-state index in [-0.39, 0.29) is 11.7 Å². The average Bonchev–Trinajstić information content (AvgIpc) is 2.96. The number of methoxy groups -OCH3 is 1. The van der Waals surface area contributed by atoms with Gasteiger partial charge in [-0.2, -0.15) is 0 Å². The third-order valence-electron chi connectivity index (χ3n) is 4.05. The molecule has 0 radical (unpaired) electrons. The first-order valence-electron chi connectivity index (χ1n) is 7.70. The summed E-state index contributed by atoms with van der Waals surface area (Å²) >= 11 is 0. The number of hydrogen-bond donors (Lipinski definition) is 0. The fourth-order valence-corrected chi connectivity index (χ4v) is 2.78. The fraction of sp³-hybridized carbons (Fsp3) is 0.500. The number of piperazine rings is 1. The number of hydrogen-bond acceptors (Lipinski definition) is 6. The Morgan fingerprint density at radius 2 is 1.91 bits per heavy atom. The van der Waals surface area contributed by atoms with Gasteiger partial charge in [-0.3, -0.25) is 9.80 Å². The van der Waals surface area contributed by atoms with Crippen LogP contribution in [-0.2, 0) is 13.1 Å². The molecular weight excluding hydrogens is 299 g/mol. The number of ether oxygens (including phenoxy) is 1. The van der Waals surface area contributed by atoms with Crippen molar-refractivity contribution in [2.75, 3.05) is 33.3 Å². The summed E-state index contributed by atoms with van der Waals surface area (Å²) in [5.74, 6) is 0.581. The van der Waals surface area contributed by atoms with E-state index in [0.717, 1.165) is 44.2 Å².